The van der Waals surface area contributed by atoms with Crippen molar-refractivity contribution in [3.8, 4) is 11.1 Å². The van der Waals surface area contributed by atoms with Gasteiger partial charge in [-0.05, 0) is 61.6 Å². The van der Waals surface area contributed by atoms with E-state index in [-0.39, 0.29) is 11.9 Å². The SMILES string of the molecule is CC(C)NC(=O)C1(Cc2ccccc2-c2ccccc2)CCN(Cc2cccnc2)C1. The fraction of sp³-hybridized carbons (Fsp3) is 0.333. The second-order valence-corrected chi connectivity index (χ2v) is 8.93. The van der Waals surface area contributed by atoms with Crippen molar-refractivity contribution in [2.75, 3.05) is 13.1 Å². The minimum atomic E-state index is -0.433. The number of carbonyl (C=O) groups excluding carboxylic acids is 1. The molecule has 31 heavy (non-hydrogen) atoms. The van der Waals surface area contributed by atoms with Crippen LogP contribution in [-0.2, 0) is 17.8 Å². The number of rotatable bonds is 7. The van der Waals surface area contributed by atoms with Crippen molar-refractivity contribution in [3.63, 3.8) is 0 Å². The maximum atomic E-state index is 13.5. The summed E-state index contributed by atoms with van der Waals surface area (Å²) < 4.78 is 0. The Balaban J connectivity index is 1.62. The van der Waals surface area contributed by atoms with Crippen LogP contribution in [0.4, 0.5) is 0 Å². The Hall–Kier alpha value is -2.98. The number of carbonyl (C=O) groups is 1. The molecule has 3 aromatic rings. The van der Waals surface area contributed by atoms with Crippen LogP contribution < -0.4 is 5.32 Å². The van der Waals surface area contributed by atoms with E-state index in [9.17, 15) is 4.79 Å². The number of hydrogen-bond acceptors (Lipinski definition) is 3. The van der Waals surface area contributed by atoms with Crippen LogP contribution in [0.15, 0.2) is 79.1 Å². The van der Waals surface area contributed by atoms with Crippen molar-refractivity contribution in [3.05, 3.63) is 90.3 Å². The molecule has 1 fully saturated rings. The van der Waals surface area contributed by atoms with Gasteiger partial charge in [0.1, 0.15) is 0 Å². The average molecular weight is 414 g/mol. The lowest BCUT2D eigenvalue weighted by atomic mass is 9.78. The van der Waals surface area contributed by atoms with Crippen molar-refractivity contribution >= 4 is 5.91 Å². The first kappa shape index (κ1) is 21.3. The molecule has 1 aromatic heterocycles. The number of nitrogens with zero attached hydrogens (tertiary/aromatic N) is 2. The van der Waals surface area contributed by atoms with E-state index in [0.29, 0.717) is 0 Å². The lowest BCUT2D eigenvalue weighted by molar-refractivity contribution is -0.131. The smallest absolute Gasteiger partial charge is 0.228 e. The summed E-state index contributed by atoms with van der Waals surface area (Å²) in [6, 6.07) is 23.2. The Morgan fingerprint density at radius 3 is 2.58 bits per heavy atom. The summed E-state index contributed by atoms with van der Waals surface area (Å²) >= 11 is 0. The molecule has 1 atom stereocenters. The van der Waals surface area contributed by atoms with Crippen LogP contribution >= 0.6 is 0 Å². The molecule has 1 amide bonds. The minimum absolute atomic E-state index is 0.126. The van der Waals surface area contributed by atoms with Gasteiger partial charge in [0.25, 0.3) is 0 Å². The number of aromatic nitrogens is 1. The van der Waals surface area contributed by atoms with Crippen molar-refractivity contribution in [1.29, 1.82) is 0 Å². The van der Waals surface area contributed by atoms with Crippen LogP contribution in [0.2, 0.25) is 0 Å². The largest absolute Gasteiger partial charge is 0.353 e. The number of pyridine rings is 1. The molecule has 4 rings (SSSR count). The third-order valence-corrected chi connectivity index (χ3v) is 6.09. The van der Waals surface area contributed by atoms with Crippen molar-refractivity contribution in [1.82, 2.24) is 15.2 Å². The first-order chi connectivity index (χ1) is 15.1. The molecular weight excluding hydrogens is 382 g/mol. The van der Waals surface area contributed by atoms with Crippen LogP contribution in [0.5, 0.6) is 0 Å². The monoisotopic (exact) mass is 413 g/mol. The van der Waals surface area contributed by atoms with E-state index in [1.807, 2.05) is 32.2 Å². The van der Waals surface area contributed by atoms with Gasteiger partial charge < -0.3 is 5.32 Å². The summed E-state index contributed by atoms with van der Waals surface area (Å²) in [5.41, 5.74) is 4.40. The van der Waals surface area contributed by atoms with Gasteiger partial charge in [0.05, 0.1) is 5.41 Å². The van der Waals surface area contributed by atoms with E-state index in [1.54, 1.807) is 6.20 Å². The van der Waals surface area contributed by atoms with Gasteiger partial charge in [0.2, 0.25) is 5.91 Å². The zero-order valence-corrected chi connectivity index (χ0v) is 18.4. The van der Waals surface area contributed by atoms with Crippen LogP contribution in [0.3, 0.4) is 0 Å². The summed E-state index contributed by atoms with van der Waals surface area (Å²) in [7, 11) is 0. The summed E-state index contributed by atoms with van der Waals surface area (Å²) in [5, 5.41) is 3.21. The summed E-state index contributed by atoms with van der Waals surface area (Å²) in [6.45, 7) is 6.56. The molecule has 1 saturated heterocycles. The second-order valence-electron chi connectivity index (χ2n) is 8.93. The van der Waals surface area contributed by atoms with E-state index in [1.165, 1.54) is 22.3 Å². The highest BCUT2D eigenvalue weighted by atomic mass is 16.2. The van der Waals surface area contributed by atoms with Gasteiger partial charge in [-0.15, -0.1) is 0 Å². The normalized spacial score (nSPS) is 18.9. The van der Waals surface area contributed by atoms with Gasteiger partial charge in [0, 0.05) is 31.5 Å². The molecule has 4 heteroatoms. The Kier molecular flexibility index (Phi) is 6.47. The van der Waals surface area contributed by atoms with Crippen LogP contribution in [0.25, 0.3) is 11.1 Å². The van der Waals surface area contributed by atoms with E-state index in [0.717, 1.165) is 32.5 Å². The molecule has 0 radical (unpaired) electrons. The quantitative estimate of drug-likeness (QED) is 0.610. The molecule has 1 unspecified atom stereocenters. The molecule has 2 heterocycles. The molecule has 2 aromatic carbocycles. The topological polar surface area (TPSA) is 45.2 Å². The highest BCUT2D eigenvalue weighted by Crippen LogP contribution is 2.38. The second kappa shape index (κ2) is 9.44. The highest BCUT2D eigenvalue weighted by Gasteiger charge is 2.45. The zero-order valence-electron chi connectivity index (χ0n) is 18.4. The molecule has 160 valence electrons. The molecule has 0 saturated carbocycles. The van der Waals surface area contributed by atoms with Crippen LogP contribution in [-0.4, -0.2) is 34.9 Å². The molecule has 0 aliphatic carbocycles. The van der Waals surface area contributed by atoms with Gasteiger partial charge in [-0.25, -0.2) is 0 Å². The predicted octanol–water partition coefficient (Wildman–Crippen LogP) is 4.71. The van der Waals surface area contributed by atoms with Crippen molar-refractivity contribution in [2.45, 2.75) is 39.3 Å². The lowest BCUT2D eigenvalue weighted by Gasteiger charge is -2.30. The third kappa shape index (κ3) is 5.02. The standard InChI is InChI=1S/C27H31N3O/c1-21(2)29-26(31)27(14-16-30(20-27)19-22-9-8-15-28-18-22)17-24-12-6-7-13-25(24)23-10-4-3-5-11-23/h3-13,15,18,21H,14,16-17,19-20H2,1-2H3,(H,29,31). The molecule has 1 aliphatic heterocycles. The Morgan fingerprint density at radius 2 is 1.84 bits per heavy atom. The van der Waals surface area contributed by atoms with Gasteiger partial charge in [-0.1, -0.05) is 60.7 Å². The van der Waals surface area contributed by atoms with Gasteiger partial charge in [0.15, 0.2) is 0 Å². The van der Waals surface area contributed by atoms with E-state index < -0.39 is 5.41 Å². The molecular formula is C27H31N3O. The van der Waals surface area contributed by atoms with Crippen molar-refractivity contribution in [2.24, 2.45) is 5.41 Å². The number of hydrogen-bond donors (Lipinski definition) is 1. The Bertz CT molecular complexity index is 1000. The molecule has 1 aliphatic rings. The fourth-order valence-electron chi connectivity index (χ4n) is 4.61. The van der Waals surface area contributed by atoms with Gasteiger partial charge >= 0.3 is 0 Å². The molecule has 0 spiro atoms. The van der Waals surface area contributed by atoms with Gasteiger partial charge in [-0.2, -0.15) is 0 Å². The maximum absolute atomic E-state index is 13.5. The first-order valence-corrected chi connectivity index (χ1v) is 11.1. The number of amides is 1. The minimum Gasteiger partial charge on any atom is -0.353 e. The lowest BCUT2D eigenvalue weighted by Crippen LogP contribution is -2.46. The number of nitrogens with one attached hydrogen (secondary N) is 1. The van der Waals surface area contributed by atoms with Gasteiger partial charge in [-0.3, -0.25) is 14.7 Å². The van der Waals surface area contributed by atoms with E-state index in [2.05, 4.69) is 69.8 Å². The number of benzene rings is 2. The summed E-state index contributed by atoms with van der Waals surface area (Å²) in [5.74, 6) is 0.166. The third-order valence-electron chi connectivity index (χ3n) is 6.09. The van der Waals surface area contributed by atoms with Crippen molar-refractivity contribution < 1.29 is 4.79 Å². The van der Waals surface area contributed by atoms with E-state index >= 15 is 0 Å². The molecule has 4 nitrogen and oxygen atoms in total. The predicted molar refractivity (Wildman–Crippen MR) is 125 cm³/mol. The zero-order chi connectivity index (χ0) is 21.7. The van der Waals surface area contributed by atoms with E-state index in [4.69, 9.17) is 0 Å². The summed E-state index contributed by atoms with van der Waals surface area (Å²) in [4.78, 5) is 20.1. The maximum Gasteiger partial charge on any atom is 0.228 e. The fourth-order valence-corrected chi connectivity index (χ4v) is 4.61. The van der Waals surface area contributed by atoms with Crippen LogP contribution in [0, 0.1) is 5.41 Å². The Labute approximate surface area is 185 Å². The summed E-state index contributed by atoms with van der Waals surface area (Å²) in [6.07, 6.45) is 5.31. The average Bonchev–Trinajstić information content (AvgIpc) is 3.19. The highest BCUT2D eigenvalue weighted by molar-refractivity contribution is 5.84. The first-order valence-electron chi connectivity index (χ1n) is 11.1. The Morgan fingerprint density at radius 1 is 1.06 bits per heavy atom. The molecule has 0 bridgehead atoms. The van der Waals surface area contributed by atoms with Crippen LogP contribution in [0.1, 0.15) is 31.4 Å². The molecule has 1 N–H and O–H groups in total. The number of likely N-dealkylation sites (tertiary alicyclic amines) is 1.